The van der Waals surface area contributed by atoms with E-state index >= 15 is 0 Å². The number of nitrogens with zero attached hydrogens (tertiary/aromatic N) is 1. The fourth-order valence-electron chi connectivity index (χ4n) is 4.44. The Morgan fingerprint density at radius 2 is 1.67 bits per heavy atom. The number of carbonyl (C=O) groups is 1. The summed E-state index contributed by atoms with van der Waals surface area (Å²) in [6, 6.07) is 25.3. The highest BCUT2D eigenvalue weighted by atomic mass is 19.1. The van der Waals surface area contributed by atoms with Gasteiger partial charge in [0.1, 0.15) is 5.82 Å². The smallest absolute Gasteiger partial charge is 0.162 e. The van der Waals surface area contributed by atoms with Gasteiger partial charge in [-0.05, 0) is 79.2 Å². The van der Waals surface area contributed by atoms with Crippen LogP contribution in [0, 0.1) is 5.82 Å². The summed E-state index contributed by atoms with van der Waals surface area (Å²) in [6.45, 7) is 3.07. The molecule has 30 heavy (non-hydrogen) atoms. The molecule has 1 fully saturated rings. The number of Topliss-reactive ketones (excluding diaryl/α,β-unsaturated/α-hetero) is 1. The van der Waals surface area contributed by atoms with Crippen LogP contribution in [0.1, 0.15) is 52.2 Å². The van der Waals surface area contributed by atoms with Crippen LogP contribution in [-0.4, -0.2) is 30.3 Å². The van der Waals surface area contributed by atoms with Crippen LogP contribution >= 0.6 is 0 Å². The van der Waals surface area contributed by atoms with E-state index in [1.54, 1.807) is 12.1 Å². The van der Waals surface area contributed by atoms with E-state index in [0.717, 1.165) is 38.9 Å². The molecule has 1 unspecified atom stereocenters. The third kappa shape index (κ3) is 5.22. The first kappa shape index (κ1) is 20.5. The fraction of sp³-hybridized carbons (Fsp3) is 0.296. The number of benzene rings is 3. The van der Waals surface area contributed by atoms with Gasteiger partial charge < -0.3 is 4.90 Å². The minimum atomic E-state index is -0.304. The maximum atomic E-state index is 13.0. The number of ketones is 1. The predicted molar refractivity (Wildman–Crippen MR) is 119 cm³/mol. The molecule has 0 radical (unpaired) electrons. The van der Waals surface area contributed by atoms with Crippen LogP contribution < -0.4 is 0 Å². The van der Waals surface area contributed by atoms with Crippen LogP contribution in [0.15, 0.2) is 78.9 Å². The molecule has 0 spiro atoms. The van der Waals surface area contributed by atoms with Crippen molar-refractivity contribution in [1.82, 2.24) is 4.90 Å². The Labute approximate surface area is 178 Å². The van der Waals surface area contributed by atoms with Crippen molar-refractivity contribution in [3.8, 4) is 0 Å². The third-order valence-electron chi connectivity index (χ3n) is 6.05. The van der Waals surface area contributed by atoms with Crippen molar-refractivity contribution in [1.29, 1.82) is 0 Å². The quantitative estimate of drug-likeness (QED) is 0.440. The molecule has 0 saturated carbocycles. The second-order valence-electron chi connectivity index (χ2n) is 8.18. The van der Waals surface area contributed by atoms with Crippen molar-refractivity contribution in [3.63, 3.8) is 0 Å². The molecule has 1 aliphatic rings. The zero-order valence-corrected chi connectivity index (χ0v) is 17.3. The summed E-state index contributed by atoms with van der Waals surface area (Å²) in [4.78, 5) is 14.8. The Hall–Kier alpha value is -2.78. The highest BCUT2D eigenvalue weighted by Crippen LogP contribution is 2.31. The van der Waals surface area contributed by atoms with E-state index in [2.05, 4.69) is 59.5 Å². The number of hydrogen-bond acceptors (Lipinski definition) is 2. The minimum absolute atomic E-state index is 0.0963. The van der Waals surface area contributed by atoms with E-state index in [9.17, 15) is 9.18 Å². The molecular weight excluding hydrogens is 373 g/mol. The normalized spacial score (nSPS) is 16.6. The lowest BCUT2D eigenvalue weighted by Gasteiger charge is -2.18. The molecule has 0 bridgehead atoms. The highest BCUT2D eigenvalue weighted by molar-refractivity contribution is 5.95. The number of halogens is 1. The Kier molecular flexibility index (Phi) is 6.70. The van der Waals surface area contributed by atoms with Gasteiger partial charge in [0.05, 0.1) is 0 Å². The molecule has 3 aromatic carbocycles. The van der Waals surface area contributed by atoms with Gasteiger partial charge in [-0.1, -0.05) is 54.6 Å². The van der Waals surface area contributed by atoms with Crippen molar-refractivity contribution >= 4 is 5.78 Å². The SMILES string of the molecule is O=C(CCCN1CCC(c2ccccc2Cc2ccccc2)C1)c1ccc(F)cc1. The summed E-state index contributed by atoms with van der Waals surface area (Å²) in [5.41, 5.74) is 4.83. The fourth-order valence-corrected chi connectivity index (χ4v) is 4.44. The topological polar surface area (TPSA) is 20.3 Å². The molecule has 1 atom stereocenters. The molecule has 0 aliphatic carbocycles. The zero-order chi connectivity index (χ0) is 20.8. The zero-order valence-electron chi connectivity index (χ0n) is 17.3. The molecule has 3 aromatic rings. The number of likely N-dealkylation sites (tertiary alicyclic amines) is 1. The van der Waals surface area contributed by atoms with E-state index < -0.39 is 0 Å². The van der Waals surface area contributed by atoms with Gasteiger partial charge >= 0.3 is 0 Å². The number of hydrogen-bond donors (Lipinski definition) is 0. The molecule has 4 rings (SSSR count). The Bertz CT molecular complexity index is 968. The van der Waals surface area contributed by atoms with Gasteiger partial charge in [0.25, 0.3) is 0 Å². The molecule has 0 aromatic heterocycles. The average molecular weight is 402 g/mol. The maximum Gasteiger partial charge on any atom is 0.162 e. The van der Waals surface area contributed by atoms with Crippen LogP contribution in [0.5, 0.6) is 0 Å². The van der Waals surface area contributed by atoms with E-state index in [1.807, 2.05) is 0 Å². The van der Waals surface area contributed by atoms with Crippen LogP contribution in [0.4, 0.5) is 4.39 Å². The lowest BCUT2D eigenvalue weighted by atomic mass is 9.90. The van der Waals surface area contributed by atoms with Crippen molar-refractivity contribution < 1.29 is 9.18 Å². The average Bonchev–Trinajstić information content (AvgIpc) is 3.24. The van der Waals surface area contributed by atoms with Crippen LogP contribution in [0.25, 0.3) is 0 Å². The second-order valence-corrected chi connectivity index (χ2v) is 8.18. The molecule has 0 N–H and O–H groups in total. The predicted octanol–water partition coefficient (Wildman–Crippen LogP) is 5.87. The van der Waals surface area contributed by atoms with Crippen LogP contribution in [0.3, 0.4) is 0 Å². The summed E-state index contributed by atoms with van der Waals surface area (Å²) < 4.78 is 13.0. The summed E-state index contributed by atoms with van der Waals surface area (Å²) in [6.07, 6.45) is 3.49. The lowest BCUT2D eigenvalue weighted by Crippen LogP contribution is -2.22. The Balaban J connectivity index is 1.30. The molecular formula is C27H28FNO. The first-order valence-corrected chi connectivity index (χ1v) is 10.8. The van der Waals surface area contributed by atoms with Gasteiger partial charge in [-0.2, -0.15) is 0 Å². The summed E-state index contributed by atoms with van der Waals surface area (Å²) in [5.74, 6) is 0.346. The monoisotopic (exact) mass is 401 g/mol. The standard InChI is InChI=1S/C27H28FNO/c28-25-14-12-22(13-15-25)27(30)11-6-17-29-18-16-24(20-29)26-10-5-4-9-23(26)19-21-7-2-1-3-8-21/h1-5,7-10,12-15,24H,6,11,16-20H2. The largest absolute Gasteiger partial charge is 0.303 e. The van der Waals surface area contributed by atoms with Crippen molar-refractivity contribution in [2.75, 3.05) is 19.6 Å². The molecule has 2 nitrogen and oxygen atoms in total. The van der Waals surface area contributed by atoms with Gasteiger partial charge in [0.15, 0.2) is 5.78 Å². The first-order chi connectivity index (χ1) is 14.7. The van der Waals surface area contributed by atoms with Gasteiger partial charge in [-0.3, -0.25) is 4.79 Å². The lowest BCUT2D eigenvalue weighted by molar-refractivity contribution is 0.0976. The second kappa shape index (κ2) is 9.82. The van der Waals surface area contributed by atoms with Crippen LogP contribution in [0.2, 0.25) is 0 Å². The Morgan fingerprint density at radius 3 is 2.47 bits per heavy atom. The summed E-state index contributed by atoms with van der Waals surface area (Å²) >= 11 is 0. The van der Waals surface area contributed by atoms with Gasteiger partial charge in [0, 0.05) is 18.5 Å². The van der Waals surface area contributed by atoms with Gasteiger partial charge in [0.2, 0.25) is 0 Å². The molecule has 1 aliphatic heterocycles. The van der Waals surface area contributed by atoms with Crippen molar-refractivity contribution in [2.45, 2.75) is 31.6 Å². The van der Waals surface area contributed by atoms with E-state index in [-0.39, 0.29) is 11.6 Å². The van der Waals surface area contributed by atoms with Gasteiger partial charge in [-0.25, -0.2) is 4.39 Å². The minimum Gasteiger partial charge on any atom is -0.303 e. The van der Waals surface area contributed by atoms with Crippen molar-refractivity contribution in [3.05, 3.63) is 107 Å². The van der Waals surface area contributed by atoms with E-state index in [0.29, 0.717) is 17.9 Å². The van der Waals surface area contributed by atoms with E-state index in [1.165, 1.54) is 28.8 Å². The highest BCUT2D eigenvalue weighted by Gasteiger charge is 2.25. The summed E-state index contributed by atoms with van der Waals surface area (Å²) in [7, 11) is 0. The molecule has 3 heteroatoms. The van der Waals surface area contributed by atoms with Gasteiger partial charge in [-0.15, -0.1) is 0 Å². The number of carbonyl (C=O) groups excluding carboxylic acids is 1. The van der Waals surface area contributed by atoms with Crippen LogP contribution in [-0.2, 0) is 6.42 Å². The molecule has 0 amide bonds. The Morgan fingerprint density at radius 1 is 0.933 bits per heavy atom. The third-order valence-corrected chi connectivity index (χ3v) is 6.05. The molecule has 154 valence electrons. The molecule has 1 heterocycles. The summed E-state index contributed by atoms with van der Waals surface area (Å²) in [5, 5.41) is 0. The first-order valence-electron chi connectivity index (χ1n) is 10.8. The number of rotatable bonds is 8. The maximum absolute atomic E-state index is 13.0. The van der Waals surface area contributed by atoms with E-state index in [4.69, 9.17) is 0 Å². The van der Waals surface area contributed by atoms with Crippen molar-refractivity contribution in [2.24, 2.45) is 0 Å². The molecule has 1 saturated heterocycles.